The third-order valence-electron chi connectivity index (χ3n) is 3.99. The van der Waals surface area contributed by atoms with Gasteiger partial charge < -0.3 is 4.90 Å². The second kappa shape index (κ2) is 7.53. The first-order chi connectivity index (χ1) is 11.9. The van der Waals surface area contributed by atoms with E-state index in [1.807, 2.05) is 0 Å². The highest BCUT2D eigenvalue weighted by Crippen LogP contribution is 2.29. The summed E-state index contributed by atoms with van der Waals surface area (Å²) in [6.45, 7) is 1.16. The predicted octanol–water partition coefficient (Wildman–Crippen LogP) is 3.19. The maximum Gasteiger partial charge on any atom is 0.256 e. The number of hydrogen-bond acceptors (Lipinski definition) is 4. The quantitative estimate of drug-likeness (QED) is 0.727. The standard InChI is InChI=1S/C16H16BrFN2O3S2/c17-14-6-7-15(24-14)25(22,23)20-9-3-8-19(10-11-20)16(21)12-4-1-2-5-13(12)18/h1-2,4-7H,3,8-11H2. The second-order valence-corrected chi connectivity index (χ2v) is 10.2. The molecular formula is C16H16BrFN2O3S2. The summed E-state index contributed by atoms with van der Waals surface area (Å²) in [5.74, 6) is -0.971. The smallest absolute Gasteiger partial charge is 0.256 e. The number of sulfonamides is 1. The van der Waals surface area contributed by atoms with Crippen LogP contribution < -0.4 is 0 Å². The Kier molecular flexibility index (Phi) is 5.57. The van der Waals surface area contributed by atoms with Crippen molar-refractivity contribution in [3.8, 4) is 0 Å². The minimum absolute atomic E-state index is 0.0148. The molecule has 134 valence electrons. The van der Waals surface area contributed by atoms with E-state index in [4.69, 9.17) is 0 Å². The van der Waals surface area contributed by atoms with E-state index in [9.17, 15) is 17.6 Å². The van der Waals surface area contributed by atoms with Crippen molar-refractivity contribution in [3.63, 3.8) is 0 Å². The third-order valence-corrected chi connectivity index (χ3v) is 7.98. The van der Waals surface area contributed by atoms with E-state index < -0.39 is 21.7 Å². The molecule has 1 aromatic carbocycles. The van der Waals surface area contributed by atoms with Crippen molar-refractivity contribution >= 4 is 43.2 Å². The number of nitrogens with zero attached hydrogens (tertiary/aromatic N) is 2. The molecule has 5 nitrogen and oxygen atoms in total. The summed E-state index contributed by atoms with van der Waals surface area (Å²) in [5, 5.41) is 0. The van der Waals surface area contributed by atoms with Crippen LogP contribution in [0.25, 0.3) is 0 Å². The van der Waals surface area contributed by atoms with Gasteiger partial charge in [-0.1, -0.05) is 12.1 Å². The molecule has 2 heterocycles. The minimum Gasteiger partial charge on any atom is -0.337 e. The molecule has 1 fully saturated rings. The van der Waals surface area contributed by atoms with E-state index >= 15 is 0 Å². The zero-order valence-electron chi connectivity index (χ0n) is 13.2. The average molecular weight is 447 g/mol. The van der Waals surface area contributed by atoms with E-state index in [0.717, 1.165) is 15.1 Å². The molecule has 0 bridgehead atoms. The van der Waals surface area contributed by atoms with Gasteiger partial charge in [0.1, 0.15) is 10.0 Å². The normalized spacial score (nSPS) is 16.6. The van der Waals surface area contributed by atoms with E-state index in [-0.39, 0.29) is 22.9 Å². The van der Waals surface area contributed by atoms with Crippen molar-refractivity contribution < 1.29 is 17.6 Å². The fourth-order valence-corrected chi connectivity index (χ4v) is 6.34. The van der Waals surface area contributed by atoms with Crippen LogP contribution in [0.5, 0.6) is 0 Å². The van der Waals surface area contributed by atoms with Crippen LogP contribution in [-0.4, -0.2) is 49.7 Å². The molecule has 1 amide bonds. The molecule has 3 rings (SSSR count). The molecule has 25 heavy (non-hydrogen) atoms. The van der Waals surface area contributed by atoms with Gasteiger partial charge in [-0.15, -0.1) is 11.3 Å². The number of rotatable bonds is 3. The van der Waals surface area contributed by atoms with Gasteiger partial charge in [-0.25, -0.2) is 12.8 Å². The Balaban J connectivity index is 1.74. The fraction of sp³-hybridized carbons (Fsp3) is 0.312. The summed E-state index contributed by atoms with van der Waals surface area (Å²) in [4.78, 5) is 14.0. The van der Waals surface area contributed by atoms with Gasteiger partial charge in [0.05, 0.1) is 9.35 Å². The number of hydrogen-bond donors (Lipinski definition) is 0. The maximum atomic E-state index is 13.8. The van der Waals surface area contributed by atoms with E-state index in [0.29, 0.717) is 19.5 Å². The molecule has 1 aromatic heterocycles. The lowest BCUT2D eigenvalue weighted by Gasteiger charge is -2.21. The van der Waals surface area contributed by atoms with E-state index in [2.05, 4.69) is 15.9 Å². The van der Waals surface area contributed by atoms with Crippen LogP contribution in [0.2, 0.25) is 0 Å². The first kappa shape index (κ1) is 18.5. The molecule has 9 heteroatoms. The molecule has 0 unspecified atom stereocenters. The van der Waals surface area contributed by atoms with E-state index in [1.54, 1.807) is 18.2 Å². The Bertz CT molecular complexity index is 885. The molecule has 2 aromatic rings. The topological polar surface area (TPSA) is 57.7 Å². The molecule has 0 radical (unpaired) electrons. The SMILES string of the molecule is O=C(c1ccccc1F)N1CCCN(S(=O)(=O)c2ccc(Br)s2)CC1. The Morgan fingerprint density at radius 3 is 2.52 bits per heavy atom. The lowest BCUT2D eigenvalue weighted by Crippen LogP contribution is -2.37. The first-order valence-electron chi connectivity index (χ1n) is 7.69. The van der Waals surface area contributed by atoms with Gasteiger partial charge in [0.2, 0.25) is 0 Å². The Morgan fingerprint density at radius 2 is 1.84 bits per heavy atom. The molecule has 1 saturated heterocycles. The largest absolute Gasteiger partial charge is 0.337 e. The van der Waals surface area contributed by atoms with Crippen LogP contribution >= 0.6 is 27.3 Å². The highest BCUT2D eigenvalue weighted by atomic mass is 79.9. The average Bonchev–Trinajstić information content (AvgIpc) is 2.88. The van der Waals surface area contributed by atoms with Crippen LogP contribution in [0.1, 0.15) is 16.8 Å². The lowest BCUT2D eigenvalue weighted by molar-refractivity contribution is 0.0759. The van der Waals surface area contributed by atoms with Gasteiger partial charge in [-0.05, 0) is 46.6 Å². The van der Waals surface area contributed by atoms with Crippen molar-refractivity contribution in [1.82, 2.24) is 9.21 Å². The van der Waals surface area contributed by atoms with Gasteiger partial charge >= 0.3 is 0 Å². The summed E-state index contributed by atoms with van der Waals surface area (Å²) in [5.41, 5.74) is 0.0148. The number of carbonyl (C=O) groups is 1. The number of benzene rings is 1. The second-order valence-electron chi connectivity index (χ2n) is 5.59. The van der Waals surface area contributed by atoms with Crippen LogP contribution in [0.4, 0.5) is 4.39 Å². The number of amides is 1. The highest BCUT2D eigenvalue weighted by molar-refractivity contribution is 9.11. The minimum atomic E-state index is -3.58. The highest BCUT2D eigenvalue weighted by Gasteiger charge is 2.30. The first-order valence-corrected chi connectivity index (χ1v) is 10.7. The van der Waals surface area contributed by atoms with Crippen molar-refractivity contribution in [3.05, 3.63) is 51.6 Å². The van der Waals surface area contributed by atoms with Gasteiger partial charge in [-0.3, -0.25) is 4.79 Å². The van der Waals surface area contributed by atoms with Crippen molar-refractivity contribution in [2.24, 2.45) is 0 Å². The number of thiophene rings is 1. The Hall–Kier alpha value is -1.29. The molecule has 1 aliphatic heterocycles. The molecule has 0 saturated carbocycles. The zero-order valence-corrected chi connectivity index (χ0v) is 16.4. The molecule has 0 atom stereocenters. The van der Waals surface area contributed by atoms with Crippen LogP contribution in [0.15, 0.2) is 44.4 Å². The lowest BCUT2D eigenvalue weighted by atomic mass is 10.2. The van der Waals surface area contributed by atoms with Crippen LogP contribution in [0.3, 0.4) is 0 Å². The third kappa shape index (κ3) is 3.94. The van der Waals surface area contributed by atoms with E-state index in [1.165, 1.54) is 27.4 Å². The van der Waals surface area contributed by atoms with Crippen LogP contribution in [0, 0.1) is 5.82 Å². The summed E-state index contributed by atoms with van der Waals surface area (Å²) in [6, 6.07) is 9.10. The van der Waals surface area contributed by atoms with Crippen molar-refractivity contribution in [2.45, 2.75) is 10.6 Å². The van der Waals surface area contributed by atoms with Gasteiger partial charge in [0.15, 0.2) is 0 Å². The summed E-state index contributed by atoms with van der Waals surface area (Å²) in [7, 11) is -3.58. The van der Waals surface area contributed by atoms with Gasteiger partial charge in [0, 0.05) is 26.2 Å². The van der Waals surface area contributed by atoms with Crippen LogP contribution in [-0.2, 0) is 10.0 Å². The predicted molar refractivity (Wildman–Crippen MR) is 97.7 cm³/mol. The summed E-state index contributed by atoms with van der Waals surface area (Å²) < 4.78 is 41.6. The summed E-state index contributed by atoms with van der Waals surface area (Å²) in [6.07, 6.45) is 0.506. The summed E-state index contributed by atoms with van der Waals surface area (Å²) >= 11 is 4.43. The fourth-order valence-electron chi connectivity index (χ4n) is 2.71. The zero-order chi connectivity index (χ0) is 18.0. The van der Waals surface area contributed by atoms with Crippen molar-refractivity contribution in [2.75, 3.05) is 26.2 Å². The van der Waals surface area contributed by atoms with Gasteiger partial charge in [-0.2, -0.15) is 4.31 Å². The molecule has 1 aliphatic rings. The Morgan fingerprint density at radius 1 is 1.08 bits per heavy atom. The number of carbonyl (C=O) groups excluding carboxylic acids is 1. The molecule has 0 N–H and O–H groups in total. The maximum absolute atomic E-state index is 13.8. The number of halogens is 2. The monoisotopic (exact) mass is 446 g/mol. The van der Waals surface area contributed by atoms with Crippen molar-refractivity contribution in [1.29, 1.82) is 0 Å². The molecule has 0 spiro atoms. The van der Waals surface area contributed by atoms with Gasteiger partial charge in [0.25, 0.3) is 15.9 Å². The molecule has 0 aliphatic carbocycles. The molecular weight excluding hydrogens is 431 g/mol. The Labute approximate surface area is 158 Å².